The number of esters is 2. The minimum Gasteiger partial charge on any atom is -0.466 e. The van der Waals surface area contributed by atoms with E-state index in [1.165, 1.54) is 0 Å². The van der Waals surface area contributed by atoms with Crippen LogP contribution in [-0.4, -0.2) is 37.0 Å². The van der Waals surface area contributed by atoms with Crippen molar-refractivity contribution >= 4 is 23.8 Å². The molecule has 0 unspecified atom stereocenters. The molecule has 0 spiro atoms. The van der Waals surface area contributed by atoms with E-state index in [1.54, 1.807) is 13.8 Å². The van der Waals surface area contributed by atoms with E-state index in [0.29, 0.717) is 0 Å². The molecule has 0 saturated carbocycles. The molecule has 1 saturated heterocycles. The quantitative estimate of drug-likeness (QED) is 0.410. The Morgan fingerprint density at radius 3 is 2.28 bits per heavy atom. The molecule has 0 aromatic heterocycles. The molecule has 1 fully saturated rings. The van der Waals surface area contributed by atoms with E-state index >= 15 is 0 Å². The van der Waals surface area contributed by atoms with Gasteiger partial charge in [-0.15, -0.1) is 0 Å². The van der Waals surface area contributed by atoms with Gasteiger partial charge in [0, 0.05) is 6.42 Å². The molecule has 0 aliphatic carbocycles. The van der Waals surface area contributed by atoms with Gasteiger partial charge < -0.3 is 9.47 Å². The second kappa shape index (κ2) is 6.13. The fourth-order valence-corrected chi connectivity index (χ4v) is 1.74. The van der Waals surface area contributed by atoms with Crippen molar-refractivity contribution in [2.45, 2.75) is 20.3 Å². The Labute approximate surface area is 104 Å². The van der Waals surface area contributed by atoms with Gasteiger partial charge in [0.25, 0.3) is 0 Å². The van der Waals surface area contributed by atoms with Gasteiger partial charge >= 0.3 is 11.9 Å². The Bertz CT molecular complexity index is 378. The summed E-state index contributed by atoms with van der Waals surface area (Å²) in [6, 6.07) is 0. The molecule has 1 N–H and O–H groups in total. The van der Waals surface area contributed by atoms with Gasteiger partial charge in [0.1, 0.15) is 5.92 Å². The first-order valence-corrected chi connectivity index (χ1v) is 5.68. The lowest BCUT2D eigenvalue weighted by molar-refractivity contribution is -0.167. The number of ether oxygens (including phenoxy) is 2. The highest BCUT2D eigenvalue weighted by Crippen LogP contribution is 2.23. The van der Waals surface area contributed by atoms with Gasteiger partial charge in [-0.05, 0) is 13.8 Å². The minimum atomic E-state index is -1.32. The van der Waals surface area contributed by atoms with E-state index in [2.05, 4.69) is 0 Å². The second-order valence-electron chi connectivity index (χ2n) is 3.70. The molecule has 1 aliphatic heterocycles. The Kier molecular flexibility index (Phi) is 4.82. The zero-order valence-electron chi connectivity index (χ0n) is 10.2. The van der Waals surface area contributed by atoms with Crippen LogP contribution >= 0.6 is 0 Å². The number of rotatable bonds is 4. The average molecular weight is 257 g/mol. The lowest BCUT2D eigenvalue weighted by Gasteiger charge is -2.26. The molecule has 7 nitrogen and oxygen atoms in total. The lowest BCUT2D eigenvalue weighted by Crippen LogP contribution is -2.52. The predicted molar refractivity (Wildman–Crippen MR) is 58.0 cm³/mol. The molecular weight excluding hydrogens is 242 g/mol. The first-order chi connectivity index (χ1) is 8.51. The van der Waals surface area contributed by atoms with Gasteiger partial charge in [-0.3, -0.25) is 24.5 Å². The van der Waals surface area contributed by atoms with Crippen LogP contribution in [0, 0.1) is 11.8 Å². The first-order valence-electron chi connectivity index (χ1n) is 5.68. The molecule has 1 heterocycles. The van der Waals surface area contributed by atoms with Crippen molar-refractivity contribution in [2.75, 3.05) is 13.2 Å². The summed E-state index contributed by atoms with van der Waals surface area (Å²) in [4.78, 5) is 46.1. The third-order valence-corrected chi connectivity index (χ3v) is 2.48. The van der Waals surface area contributed by atoms with Crippen LogP contribution in [0.1, 0.15) is 20.3 Å². The molecule has 1 aliphatic rings. The number of carbonyl (C=O) groups excluding carboxylic acids is 4. The Morgan fingerprint density at radius 2 is 1.72 bits per heavy atom. The van der Waals surface area contributed by atoms with E-state index in [1.807, 2.05) is 5.32 Å². The molecular formula is C11H15NO6. The first kappa shape index (κ1) is 14.1. The number of hydrogen-bond donors (Lipinski definition) is 1. The molecule has 2 atom stereocenters. The van der Waals surface area contributed by atoms with Crippen molar-refractivity contribution in [2.24, 2.45) is 11.8 Å². The third kappa shape index (κ3) is 3.06. The second-order valence-corrected chi connectivity index (χ2v) is 3.70. The largest absolute Gasteiger partial charge is 0.466 e. The highest BCUT2D eigenvalue weighted by atomic mass is 16.5. The predicted octanol–water partition coefficient (Wildman–Crippen LogP) is -0.608. The van der Waals surface area contributed by atoms with E-state index in [9.17, 15) is 19.2 Å². The van der Waals surface area contributed by atoms with Crippen LogP contribution in [0.25, 0.3) is 0 Å². The standard InChI is InChI=1S/C11H15NO6/c1-3-17-10(15)6-5-7(13)12-9(14)8(6)11(16)18-4-2/h6,8H,3-5H2,1-2H3,(H,12,13,14)/t6-,8+/m1/s1. The summed E-state index contributed by atoms with van der Waals surface area (Å²) in [7, 11) is 0. The highest BCUT2D eigenvalue weighted by molar-refractivity contribution is 6.11. The van der Waals surface area contributed by atoms with E-state index < -0.39 is 35.6 Å². The maximum Gasteiger partial charge on any atom is 0.319 e. The van der Waals surface area contributed by atoms with Crippen molar-refractivity contribution in [3.05, 3.63) is 0 Å². The summed E-state index contributed by atoms with van der Waals surface area (Å²) in [5.41, 5.74) is 0. The fraction of sp³-hybridized carbons (Fsp3) is 0.636. The van der Waals surface area contributed by atoms with E-state index in [0.717, 1.165) is 0 Å². The van der Waals surface area contributed by atoms with Crippen LogP contribution in [0.4, 0.5) is 0 Å². The fourth-order valence-electron chi connectivity index (χ4n) is 1.74. The van der Waals surface area contributed by atoms with Gasteiger partial charge in [-0.1, -0.05) is 0 Å². The molecule has 1 rings (SSSR count). The summed E-state index contributed by atoms with van der Waals surface area (Å²) >= 11 is 0. The topological polar surface area (TPSA) is 98.8 Å². The van der Waals surface area contributed by atoms with Crippen molar-refractivity contribution in [3.63, 3.8) is 0 Å². The van der Waals surface area contributed by atoms with Crippen LogP contribution in [0.2, 0.25) is 0 Å². The van der Waals surface area contributed by atoms with Crippen molar-refractivity contribution in [3.8, 4) is 0 Å². The van der Waals surface area contributed by atoms with Gasteiger partial charge in [0.15, 0.2) is 0 Å². The maximum atomic E-state index is 11.6. The molecule has 18 heavy (non-hydrogen) atoms. The molecule has 0 aromatic rings. The number of piperidine rings is 1. The molecule has 100 valence electrons. The van der Waals surface area contributed by atoms with Crippen LogP contribution in [0.3, 0.4) is 0 Å². The number of hydrogen-bond acceptors (Lipinski definition) is 6. The average Bonchev–Trinajstić information content (AvgIpc) is 2.28. The summed E-state index contributed by atoms with van der Waals surface area (Å²) in [5, 5.41) is 2.01. The molecule has 0 radical (unpaired) electrons. The highest BCUT2D eigenvalue weighted by Gasteiger charge is 2.46. The molecule has 0 bridgehead atoms. The van der Waals surface area contributed by atoms with Crippen LogP contribution in [0.15, 0.2) is 0 Å². The third-order valence-electron chi connectivity index (χ3n) is 2.48. The van der Waals surface area contributed by atoms with E-state index in [4.69, 9.17) is 9.47 Å². The Hall–Kier alpha value is -1.92. The summed E-state index contributed by atoms with van der Waals surface area (Å²) in [6.45, 7) is 3.39. The van der Waals surface area contributed by atoms with Gasteiger partial charge in [-0.25, -0.2) is 0 Å². The summed E-state index contributed by atoms with van der Waals surface area (Å²) < 4.78 is 9.48. The van der Waals surface area contributed by atoms with Crippen LogP contribution in [-0.2, 0) is 28.7 Å². The van der Waals surface area contributed by atoms with Gasteiger partial charge in [-0.2, -0.15) is 0 Å². The van der Waals surface area contributed by atoms with Crippen LogP contribution in [0.5, 0.6) is 0 Å². The van der Waals surface area contributed by atoms with Crippen molar-refractivity contribution in [1.82, 2.24) is 5.32 Å². The molecule has 7 heteroatoms. The maximum absolute atomic E-state index is 11.6. The molecule has 0 aromatic carbocycles. The van der Waals surface area contributed by atoms with E-state index in [-0.39, 0.29) is 19.6 Å². The van der Waals surface area contributed by atoms with Gasteiger partial charge in [0.05, 0.1) is 19.1 Å². The summed E-state index contributed by atoms with van der Waals surface area (Å²) in [6.07, 6.45) is -0.256. The zero-order chi connectivity index (χ0) is 13.7. The normalized spacial score (nSPS) is 23.2. The molecule has 2 amide bonds. The number of carbonyl (C=O) groups is 4. The summed E-state index contributed by atoms with van der Waals surface area (Å²) in [5.74, 6) is -5.40. The Balaban J connectivity index is 2.91. The van der Waals surface area contributed by atoms with Crippen LogP contribution < -0.4 is 5.32 Å². The number of nitrogens with one attached hydrogen (secondary N) is 1. The lowest BCUT2D eigenvalue weighted by atomic mass is 9.85. The smallest absolute Gasteiger partial charge is 0.319 e. The van der Waals surface area contributed by atoms with Crippen molar-refractivity contribution < 1.29 is 28.7 Å². The Morgan fingerprint density at radius 1 is 1.17 bits per heavy atom. The zero-order valence-corrected chi connectivity index (χ0v) is 10.2. The van der Waals surface area contributed by atoms with Crippen molar-refractivity contribution in [1.29, 1.82) is 0 Å². The van der Waals surface area contributed by atoms with Gasteiger partial charge in [0.2, 0.25) is 11.8 Å². The SMILES string of the molecule is CCOC(=O)[C@@H]1C(=O)NC(=O)C[C@H]1C(=O)OCC. The minimum absolute atomic E-state index is 0.0894. The monoisotopic (exact) mass is 257 g/mol. The number of amides is 2. The number of imide groups is 1.